The highest BCUT2D eigenvalue weighted by Crippen LogP contribution is 2.27. The summed E-state index contributed by atoms with van der Waals surface area (Å²) in [6, 6.07) is 2.25. The third-order valence-corrected chi connectivity index (χ3v) is 3.10. The molecule has 14 heavy (non-hydrogen) atoms. The summed E-state index contributed by atoms with van der Waals surface area (Å²) >= 11 is 0. The molecular weight excluding hydrogens is 172 g/mol. The molecule has 1 aliphatic rings. The third-order valence-electron chi connectivity index (χ3n) is 3.10. The number of pyridine rings is 1. The minimum atomic E-state index is 1.16. The number of rotatable bonds is 0. The zero-order valence-electron chi connectivity index (χ0n) is 8.43. The van der Waals surface area contributed by atoms with Gasteiger partial charge in [0.05, 0.1) is 11.7 Å². The molecule has 2 heteroatoms. The molecule has 0 saturated heterocycles. The molecule has 2 aromatic rings. The number of aryl methyl sites for hydroxylation is 3. The summed E-state index contributed by atoms with van der Waals surface area (Å²) in [5.41, 5.74) is 5.24. The molecule has 1 N–H and O–H groups in total. The van der Waals surface area contributed by atoms with E-state index < -0.39 is 0 Å². The lowest BCUT2D eigenvalue weighted by Gasteiger charge is -2.14. The van der Waals surface area contributed by atoms with Crippen LogP contribution in [0.2, 0.25) is 0 Å². The van der Waals surface area contributed by atoms with E-state index in [9.17, 15) is 0 Å². The minimum absolute atomic E-state index is 1.16. The Hall–Kier alpha value is -1.31. The van der Waals surface area contributed by atoms with Crippen LogP contribution in [0, 0.1) is 6.92 Å². The van der Waals surface area contributed by atoms with E-state index in [0.717, 1.165) is 6.42 Å². The van der Waals surface area contributed by atoms with Crippen LogP contribution in [0.25, 0.3) is 10.9 Å². The SMILES string of the molecule is Cc1cc2c3c(ncc2[nH]1)CCCC3. The average molecular weight is 186 g/mol. The maximum Gasteiger partial charge on any atom is 0.0645 e. The smallest absolute Gasteiger partial charge is 0.0645 e. The first-order valence-electron chi connectivity index (χ1n) is 5.30. The van der Waals surface area contributed by atoms with Crippen molar-refractivity contribution in [3.05, 3.63) is 29.2 Å². The van der Waals surface area contributed by atoms with Gasteiger partial charge in [0.25, 0.3) is 0 Å². The number of H-pyrrole nitrogens is 1. The number of hydrogen-bond acceptors (Lipinski definition) is 1. The lowest BCUT2D eigenvalue weighted by molar-refractivity contribution is 0.673. The first-order valence-corrected chi connectivity index (χ1v) is 5.30. The Morgan fingerprint density at radius 2 is 2.14 bits per heavy atom. The Balaban J connectivity index is 2.33. The fraction of sp³-hybridized carbons (Fsp3) is 0.417. The molecule has 0 spiro atoms. The zero-order valence-corrected chi connectivity index (χ0v) is 8.43. The van der Waals surface area contributed by atoms with Crippen molar-refractivity contribution in [1.82, 2.24) is 9.97 Å². The predicted molar refractivity (Wildman–Crippen MR) is 57.5 cm³/mol. The summed E-state index contributed by atoms with van der Waals surface area (Å²) in [6.45, 7) is 2.11. The highest BCUT2D eigenvalue weighted by Gasteiger charge is 2.14. The first kappa shape index (κ1) is 8.04. The Labute approximate surface area is 83.4 Å². The van der Waals surface area contributed by atoms with Gasteiger partial charge in [0, 0.05) is 16.8 Å². The molecule has 0 fully saturated rings. The molecule has 0 aliphatic heterocycles. The van der Waals surface area contributed by atoms with E-state index in [1.165, 1.54) is 47.1 Å². The van der Waals surface area contributed by atoms with Crippen LogP contribution < -0.4 is 0 Å². The summed E-state index contributed by atoms with van der Waals surface area (Å²) in [4.78, 5) is 7.88. The normalized spacial score (nSPS) is 15.8. The van der Waals surface area contributed by atoms with Crippen molar-refractivity contribution >= 4 is 10.9 Å². The van der Waals surface area contributed by atoms with Crippen LogP contribution in [0.5, 0.6) is 0 Å². The van der Waals surface area contributed by atoms with Crippen LogP contribution in [0.1, 0.15) is 29.8 Å². The van der Waals surface area contributed by atoms with Gasteiger partial charge >= 0.3 is 0 Å². The van der Waals surface area contributed by atoms with Gasteiger partial charge in [0.1, 0.15) is 0 Å². The van der Waals surface area contributed by atoms with Gasteiger partial charge in [0.15, 0.2) is 0 Å². The van der Waals surface area contributed by atoms with E-state index >= 15 is 0 Å². The van der Waals surface area contributed by atoms with Gasteiger partial charge in [-0.05, 0) is 44.2 Å². The molecule has 0 aromatic carbocycles. The van der Waals surface area contributed by atoms with Crippen LogP contribution in [0.3, 0.4) is 0 Å². The lowest BCUT2D eigenvalue weighted by atomic mass is 9.94. The summed E-state index contributed by atoms with van der Waals surface area (Å²) in [5.74, 6) is 0. The standard InChI is InChI=1S/C12H14N2/c1-8-6-10-9-4-2-3-5-11(9)13-7-12(10)14-8/h6-7,14H,2-5H2,1H3. The number of aromatic nitrogens is 2. The second kappa shape index (κ2) is 2.84. The molecule has 2 aromatic heterocycles. The number of aromatic amines is 1. The van der Waals surface area contributed by atoms with Crippen LogP contribution >= 0.6 is 0 Å². The van der Waals surface area contributed by atoms with E-state index in [0.29, 0.717) is 0 Å². The van der Waals surface area contributed by atoms with Crippen molar-refractivity contribution in [2.75, 3.05) is 0 Å². The Kier molecular flexibility index (Phi) is 1.63. The minimum Gasteiger partial charge on any atom is -0.357 e. The Morgan fingerprint density at radius 3 is 3.07 bits per heavy atom. The second-order valence-corrected chi connectivity index (χ2v) is 4.17. The summed E-state index contributed by atoms with van der Waals surface area (Å²) in [6.07, 6.45) is 6.96. The maximum absolute atomic E-state index is 4.53. The fourth-order valence-electron chi connectivity index (χ4n) is 2.43. The van der Waals surface area contributed by atoms with Crippen molar-refractivity contribution in [3.8, 4) is 0 Å². The quantitative estimate of drug-likeness (QED) is 0.673. The summed E-state index contributed by atoms with van der Waals surface area (Å²) in [5, 5.41) is 1.40. The molecule has 2 nitrogen and oxygen atoms in total. The molecule has 72 valence electrons. The van der Waals surface area contributed by atoms with Crippen LogP contribution in [0.15, 0.2) is 12.3 Å². The van der Waals surface area contributed by atoms with Crippen molar-refractivity contribution in [2.45, 2.75) is 32.6 Å². The molecule has 0 radical (unpaired) electrons. The Bertz CT molecular complexity index is 482. The number of nitrogens with zero attached hydrogens (tertiary/aromatic N) is 1. The Morgan fingerprint density at radius 1 is 1.29 bits per heavy atom. The molecule has 1 aliphatic carbocycles. The molecule has 0 amide bonds. The van der Waals surface area contributed by atoms with Crippen molar-refractivity contribution in [3.63, 3.8) is 0 Å². The molecule has 0 atom stereocenters. The highest BCUT2D eigenvalue weighted by atomic mass is 14.8. The van der Waals surface area contributed by atoms with Crippen LogP contribution in [0.4, 0.5) is 0 Å². The second-order valence-electron chi connectivity index (χ2n) is 4.17. The van der Waals surface area contributed by atoms with Crippen LogP contribution in [-0.2, 0) is 12.8 Å². The zero-order chi connectivity index (χ0) is 9.54. The average Bonchev–Trinajstić information content (AvgIpc) is 2.59. The lowest BCUT2D eigenvalue weighted by Crippen LogP contribution is -2.04. The van der Waals surface area contributed by atoms with Gasteiger partial charge in [-0.15, -0.1) is 0 Å². The molecule has 3 rings (SSSR count). The number of hydrogen-bond donors (Lipinski definition) is 1. The number of nitrogens with one attached hydrogen (secondary N) is 1. The van der Waals surface area contributed by atoms with Gasteiger partial charge in [-0.25, -0.2) is 0 Å². The van der Waals surface area contributed by atoms with Gasteiger partial charge in [-0.1, -0.05) is 0 Å². The predicted octanol–water partition coefficient (Wildman–Crippen LogP) is 2.75. The van der Waals surface area contributed by atoms with Crippen molar-refractivity contribution in [2.24, 2.45) is 0 Å². The molecular formula is C12H14N2. The van der Waals surface area contributed by atoms with Gasteiger partial charge in [-0.3, -0.25) is 4.98 Å². The fourth-order valence-corrected chi connectivity index (χ4v) is 2.43. The van der Waals surface area contributed by atoms with E-state index in [1.54, 1.807) is 0 Å². The van der Waals surface area contributed by atoms with Gasteiger partial charge < -0.3 is 4.98 Å². The third kappa shape index (κ3) is 1.07. The van der Waals surface area contributed by atoms with Crippen molar-refractivity contribution < 1.29 is 0 Å². The van der Waals surface area contributed by atoms with Crippen LogP contribution in [-0.4, -0.2) is 9.97 Å². The molecule has 0 unspecified atom stereocenters. The van der Waals surface area contributed by atoms with E-state index in [-0.39, 0.29) is 0 Å². The van der Waals surface area contributed by atoms with E-state index in [1.807, 2.05) is 6.20 Å². The van der Waals surface area contributed by atoms with E-state index in [2.05, 4.69) is 23.0 Å². The van der Waals surface area contributed by atoms with Crippen molar-refractivity contribution in [1.29, 1.82) is 0 Å². The van der Waals surface area contributed by atoms with Gasteiger partial charge in [0.2, 0.25) is 0 Å². The maximum atomic E-state index is 4.53. The van der Waals surface area contributed by atoms with E-state index in [4.69, 9.17) is 0 Å². The first-order chi connectivity index (χ1) is 6.84. The largest absolute Gasteiger partial charge is 0.357 e. The molecule has 2 heterocycles. The highest BCUT2D eigenvalue weighted by molar-refractivity contribution is 5.84. The molecule has 0 saturated carbocycles. The molecule has 0 bridgehead atoms. The summed E-state index contributed by atoms with van der Waals surface area (Å²) < 4.78 is 0. The number of fused-ring (bicyclic) bond motifs is 3. The monoisotopic (exact) mass is 186 g/mol. The topological polar surface area (TPSA) is 28.7 Å². The van der Waals surface area contributed by atoms with Gasteiger partial charge in [-0.2, -0.15) is 0 Å². The summed E-state index contributed by atoms with van der Waals surface area (Å²) in [7, 11) is 0.